The van der Waals surface area contributed by atoms with E-state index in [1.165, 1.54) is 18.2 Å². The molecular weight excluding hydrogens is 369 g/mol. The molecule has 0 spiro atoms. The number of rotatable bonds is 8. The van der Waals surface area contributed by atoms with Gasteiger partial charge in [-0.25, -0.2) is 4.39 Å². The average molecular weight is 388 g/mol. The number of carbonyl (C=O) groups is 2. The van der Waals surface area contributed by atoms with Gasteiger partial charge in [0.05, 0.1) is 10.2 Å². The van der Waals surface area contributed by atoms with Crippen molar-refractivity contribution < 1.29 is 23.8 Å². The lowest BCUT2D eigenvalue weighted by atomic mass is 10.1. The van der Waals surface area contributed by atoms with Gasteiger partial charge in [0.1, 0.15) is 11.9 Å². The molecule has 0 saturated heterocycles. The zero-order chi connectivity index (χ0) is 17.4. The Bertz CT molecular complexity index is 591. The molecule has 0 aliphatic heterocycles. The summed E-state index contributed by atoms with van der Waals surface area (Å²) in [6.45, 7) is 3.83. The van der Waals surface area contributed by atoms with E-state index >= 15 is 0 Å². The number of benzene rings is 1. The fourth-order valence-electron chi connectivity index (χ4n) is 1.86. The summed E-state index contributed by atoms with van der Waals surface area (Å²) in [5.41, 5.74) is 0.331. The number of carbonyl (C=O) groups excluding carboxylic acids is 1. The highest BCUT2D eigenvalue weighted by atomic mass is 79.9. The van der Waals surface area contributed by atoms with Crippen LogP contribution in [0.5, 0.6) is 0 Å². The van der Waals surface area contributed by atoms with Crippen LogP contribution in [0.15, 0.2) is 27.7 Å². The molecule has 0 aliphatic carbocycles. The van der Waals surface area contributed by atoms with Crippen LogP contribution in [0.25, 0.3) is 0 Å². The van der Waals surface area contributed by atoms with E-state index in [2.05, 4.69) is 20.9 Å². The maximum Gasteiger partial charge on any atom is 0.326 e. The third kappa shape index (κ3) is 6.09. The standard InChI is InChI=1S/C16H19BrFNO4/c1-3-5-11(4-2)23-16(22)12(15(20)21)9-19-10-6-7-14(18)13(17)8-10/h6-9,11-12H,3-5H2,1-2H3,(H,20,21). The summed E-state index contributed by atoms with van der Waals surface area (Å²) in [5, 5.41) is 9.17. The van der Waals surface area contributed by atoms with Gasteiger partial charge in [0, 0.05) is 6.21 Å². The molecule has 126 valence electrons. The van der Waals surface area contributed by atoms with Crippen LogP contribution in [0.2, 0.25) is 0 Å². The molecule has 1 rings (SSSR count). The van der Waals surface area contributed by atoms with Crippen LogP contribution in [0.3, 0.4) is 0 Å². The average Bonchev–Trinajstić information content (AvgIpc) is 2.50. The van der Waals surface area contributed by atoms with Crippen molar-refractivity contribution in [1.29, 1.82) is 0 Å². The Kier molecular flexibility index (Phi) is 7.88. The van der Waals surface area contributed by atoms with Gasteiger partial charge in [-0.3, -0.25) is 14.6 Å². The van der Waals surface area contributed by atoms with E-state index in [0.717, 1.165) is 12.6 Å². The molecule has 0 heterocycles. The Morgan fingerprint density at radius 1 is 1.43 bits per heavy atom. The Labute approximate surface area is 142 Å². The minimum atomic E-state index is -1.50. The van der Waals surface area contributed by atoms with Gasteiger partial charge in [-0.05, 0) is 47.0 Å². The first kappa shape index (κ1) is 19.3. The predicted octanol–water partition coefficient (Wildman–Crippen LogP) is 4.11. The number of carboxylic acids is 1. The molecule has 0 aromatic heterocycles. The first-order valence-electron chi connectivity index (χ1n) is 7.31. The van der Waals surface area contributed by atoms with Crippen molar-refractivity contribution in [3.05, 3.63) is 28.5 Å². The summed E-state index contributed by atoms with van der Waals surface area (Å²) < 4.78 is 18.6. The van der Waals surface area contributed by atoms with E-state index in [1.54, 1.807) is 0 Å². The molecule has 1 aromatic rings. The first-order chi connectivity index (χ1) is 10.9. The molecule has 23 heavy (non-hydrogen) atoms. The second-order valence-corrected chi connectivity index (χ2v) is 5.80. The van der Waals surface area contributed by atoms with Gasteiger partial charge in [0.15, 0.2) is 5.92 Å². The third-order valence-electron chi connectivity index (χ3n) is 3.14. The Balaban J connectivity index is 2.85. The molecule has 5 nitrogen and oxygen atoms in total. The van der Waals surface area contributed by atoms with Crippen LogP contribution in [-0.4, -0.2) is 29.4 Å². The van der Waals surface area contributed by atoms with Crippen molar-refractivity contribution in [3.63, 3.8) is 0 Å². The highest BCUT2D eigenvalue weighted by molar-refractivity contribution is 9.10. The molecule has 1 N–H and O–H groups in total. The zero-order valence-electron chi connectivity index (χ0n) is 13.0. The lowest BCUT2D eigenvalue weighted by molar-refractivity contribution is -0.159. The molecule has 0 radical (unpaired) electrons. The Hall–Kier alpha value is -1.76. The van der Waals surface area contributed by atoms with E-state index in [-0.39, 0.29) is 10.6 Å². The van der Waals surface area contributed by atoms with Gasteiger partial charge in [-0.1, -0.05) is 20.3 Å². The van der Waals surface area contributed by atoms with Crippen molar-refractivity contribution in [2.75, 3.05) is 0 Å². The van der Waals surface area contributed by atoms with E-state index in [4.69, 9.17) is 4.74 Å². The lowest BCUT2D eigenvalue weighted by Crippen LogP contribution is -2.30. The van der Waals surface area contributed by atoms with Crippen LogP contribution < -0.4 is 0 Å². The highest BCUT2D eigenvalue weighted by Crippen LogP contribution is 2.22. The normalized spacial score (nSPS) is 13.7. The first-order valence-corrected chi connectivity index (χ1v) is 8.10. The topological polar surface area (TPSA) is 76.0 Å². The van der Waals surface area contributed by atoms with Crippen LogP contribution in [-0.2, 0) is 14.3 Å². The molecule has 0 aliphatic rings. The molecule has 7 heteroatoms. The van der Waals surface area contributed by atoms with Gasteiger partial charge in [0.2, 0.25) is 0 Å². The minimum absolute atomic E-state index is 0.204. The van der Waals surface area contributed by atoms with Gasteiger partial charge in [-0.15, -0.1) is 0 Å². The molecule has 0 bridgehead atoms. The molecule has 2 atom stereocenters. The van der Waals surface area contributed by atoms with E-state index in [0.29, 0.717) is 18.5 Å². The number of halogens is 2. The van der Waals surface area contributed by atoms with Gasteiger partial charge < -0.3 is 9.84 Å². The lowest BCUT2D eigenvalue weighted by Gasteiger charge is -2.16. The minimum Gasteiger partial charge on any atom is -0.480 e. The van der Waals surface area contributed by atoms with Gasteiger partial charge in [0.25, 0.3) is 0 Å². The smallest absolute Gasteiger partial charge is 0.326 e. The molecule has 0 amide bonds. The number of aliphatic imine (C=N–C) groups is 1. The Morgan fingerprint density at radius 2 is 2.13 bits per heavy atom. The number of esters is 1. The monoisotopic (exact) mass is 387 g/mol. The fourth-order valence-corrected chi connectivity index (χ4v) is 2.22. The van der Waals surface area contributed by atoms with Crippen molar-refractivity contribution >= 4 is 39.8 Å². The van der Waals surface area contributed by atoms with Crippen LogP contribution in [0.4, 0.5) is 10.1 Å². The van der Waals surface area contributed by atoms with Gasteiger partial charge in [-0.2, -0.15) is 0 Å². The SMILES string of the molecule is CCCC(CC)OC(=O)C(C=Nc1ccc(F)c(Br)c1)C(=O)O. The van der Waals surface area contributed by atoms with Crippen LogP contribution in [0, 0.1) is 11.7 Å². The summed E-state index contributed by atoms with van der Waals surface area (Å²) in [6, 6.07) is 3.97. The quantitative estimate of drug-likeness (QED) is 0.413. The van der Waals surface area contributed by atoms with Crippen molar-refractivity contribution in [3.8, 4) is 0 Å². The van der Waals surface area contributed by atoms with Crippen molar-refractivity contribution in [1.82, 2.24) is 0 Å². The summed E-state index contributed by atoms with van der Waals surface area (Å²) >= 11 is 3.01. The predicted molar refractivity (Wildman–Crippen MR) is 88.5 cm³/mol. The fraction of sp³-hybridized carbons (Fsp3) is 0.438. The molecule has 2 unspecified atom stereocenters. The van der Waals surface area contributed by atoms with Gasteiger partial charge >= 0.3 is 11.9 Å². The summed E-state index contributed by atoms with van der Waals surface area (Å²) in [4.78, 5) is 27.2. The summed E-state index contributed by atoms with van der Waals surface area (Å²) in [5.74, 6) is -4.14. The summed E-state index contributed by atoms with van der Waals surface area (Å²) in [6.07, 6.45) is 2.83. The number of carboxylic acid groups (broad SMARTS) is 1. The molecule has 1 aromatic carbocycles. The maximum atomic E-state index is 13.1. The number of aliphatic carboxylic acids is 1. The Morgan fingerprint density at radius 3 is 2.65 bits per heavy atom. The number of hydrogen-bond donors (Lipinski definition) is 1. The number of ether oxygens (including phenoxy) is 1. The van der Waals surface area contributed by atoms with Crippen LogP contribution >= 0.6 is 15.9 Å². The number of nitrogens with zero attached hydrogens (tertiary/aromatic N) is 1. The van der Waals surface area contributed by atoms with Crippen molar-refractivity contribution in [2.45, 2.75) is 39.2 Å². The second kappa shape index (κ2) is 9.39. The summed E-state index contributed by atoms with van der Waals surface area (Å²) in [7, 11) is 0. The molecular formula is C16H19BrFNO4. The van der Waals surface area contributed by atoms with E-state index in [9.17, 15) is 19.1 Å². The maximum absolute atomic E-state index is 13.1. The third-order valence-corrected chi connectivity index (χ3v) is 3.75. The zero-order valence-corrected chi connectivity index (χ0v) is 14.5. The van der Waals surface area contributed by atoms with E-state index < -0.39 is 23.7 Å². The number of hydrogen-bond acceptors (Lipinski definition) is 4. The van der Waals surface area contributed by atoms with E-state index in [1.807, 2.05) is 13.8 Å². The van der Waals surface area contributed by atoms with Crippen LogP contribution in [0.1, 0.15) is 33.1 Å². The largest absolute Gasteiger partial charge is 0.480 e. The highest BCUT2D eigenvalue weighted by Gasteiger charge is 2.28. The molecule has 0 fully saturated rings. The van der Waals surface area contributed by atoms with Crippen molar-refractivity contribution in [2.24, 2.45) is 10.9 Å². The molecule has 0 saturated carbocycles. The second-order valence-electron chi connectivity index (χ2n) is 4.95.